The molecule has 4 rings (SSSR count). The van der Waals surface area contributed by atoms with Crippen molar-refractivity contribution in [3.8, 4) is 0 Å². The van der Waals surface area contributed by atoms with Gasteiger partial charge in [0.1, 0.15) is 12.1 Å². The van der Waals surface area contributed by atoms with E-state index in [4.69, 9.17) is 5.11 Å². The molecule has 2 amide bonds. The number of amides is 2. The van der Waals surface area contributed by atoms with Gasteiger partial charge in [-0.3, -0.25) is 9.69 Å². The average molecular weight is 509 g/mol. The van der Waals surface area contributed by atoms with Gasteiger partial charge in [-0.15, -0.1) is 0 Å². The van der Waals surface area contributed by atoms with Crippen molar-refractivity contribution in [3.63, 3.8) is 0 Å². The topological polar surface area (TPSA) is 119 Å². The first-order chi connectivity index (χ1) is 17.1. The number of carbonyl (C=O) groups is 2. The molecule has 0 spiro atoms. The van der Waals surface area contributed by atoms with Gasteiger partial charge in [-0.1, -0.05) is 6.92 Å². The Morgan fingerprint density at radius 3 is 2.53 bits per heavy atom. The largest absolute Gasteiger partial charge is 0.465 e. The van der Waals surface area contributed by atoms with Crippen molar-refractivity contribution in [3.05, 3.63) is 30.1 Å². The fraction of sp³-hybridized carbons (Fsp3) is 0.583. The van der Waals surface area contributed by atoms with Gasteiger partial charge in [0.2, 0.25) is 5.91 Å². The molecule has 2 aliphatic rings. The Morgan fingerprint density at radius 2 is 1.89 bits per heavy atom. The summed E-state index contributed by atoms with van der Waals surface area (Å²) < 4.78 is 39.2. The summed E-state index contributed by atoms with van der Waals surface area (Å²) in [6, 6.07) is 3.68. The van der Waals surface area contributed by atoms with Crippen LogP contribution < -0.4 is 16.0 Å². The number of nitrogens with one attached hydrogen (secondary N) is 3. The van der Waals surface area contributed by atoms with Crippen molar-refractivity contribution in [1.29, 1.82) is 0 Å². The molecule has 2 heterocycles. The monoisotopic (exact) mass is 508 g/mol. The zero-order valence-corrected chi connectivity index (χ0v) is 20.0. The van der Waals surface area contributed by atoms with Gasteiger partial charge < -0.3 is 21.1 Å². The van der Waals surface area contributed by atoms with Gasteiger partial charge in [-0.2, -0.15) is 13.2 Å². The highest BCUT2D eigenvalue weighted by Crippen LogP contribution is 2.33. The minimum Gasteiger partial charge on any atom is -0.465 e. The lowest BCUT2D eigenvalue weighted by Gasteiger charge is -2.47. The van der Waals surface area contributed by atoms with E-state index in [1.165, 1.54) is 12.4 Å². The molecule has 36 heavy (non-hydrogen) atoms. The molecule has 1 saturated carbocycles. The number of halogens is 3. The third kappa shape index (κ3) is 6.15. The fourth-order valence-electron chi connectivity index (χ4n) is 5.30. The molecule has 0 bridgehead atoms. The molecule has 196 valence electrons. The van der Waals surface area contributed by atoms with Crippen molar-refractivity contribution in [2.45, 2.75) is 63.3 Å². The van der Waals surface area contributed by atoms with Crippen LogP contribution in [0.25, 0.3) is 10.9 Å². The zero-order chi connectivity index (χ0) is 25.9. The van der Waals surface area contributed by atoms with Gasteiger partial charge in [-0.05, 0) is 56.2 Å². The third-order valence-electron chi connectivity index (χ3n) is 7.23. The summed E-state index contributed by atoms with van der Waals surface area (Å²) in [5.41, 5.74) is -0.446. The molecule has 1 aliphatic carbocycles. The summed E-state index contributed by atoms with van der Waals surface area (Å²) in [6.07, 6.45) is 0.529. The fourth-order valence-corrected chi connectivity index (χ4v) is 5.30. The number of carbonyl (C=O) groups excluding carboxylic acids is 1. The lowest BCUT2D eigenvalue weighted by atomic mass is 9.79. The number of fused-ring (bicyclic) bond motifs is 1. The Morgan fingerprint density at radius 1 is 1.17 bits per heavy atom. The number of benzene rings is 1. The zero-order valence-electron chi connectivity index (χ0n) is 20.0. The van der Waals surface area contributed by atoms with Crippen LogP contribution in [0.4, 0.5) is 23.8 Å². The van der Waals surface area contributed by atoms with Gasteiger partial charge in [0, 0.05) is 30.6 Å². The maximum Gasteiger partial charge on any atom is 0.416 e. The van der Waals surface area contributed by atoms with E-state index in [0.717, 1.165) is 57.3 Å². The van der Waals surface area contributed by atoms with Crippen LogP contribution in [-0.4, -0.2) is 69.7 Å². The Bertz CT molecular complexity index is 1080. The summed E-state index contributed by atoms with van der Waals surface area (Å²) in [4.78, 5) is 33.8. The maximum atomic E-state index is 13.1. The molecule has 1 atom stereocenters. The minimum absolute atomic E-state index is 0.00793. The SMILES string of the molecule is CC[C@H](NC(=O)O)[C@H]1CC[C@H](N2CC(NC(=O)CNc3ncnc4ccc(C(F)(F)F)cc34)C2)CC1. The number of likely N-dealkylation sites (tertiary alicyclic amines) is 1. The first kappa shape index (κ1) is 25.9. The number of alkyl halides is 3. The van der Waals surface area contributed by atoms with Crippen LogP contribution in [0.2, 0.25) is 0 Å². The van der Waals surface area contributed by atoms with Crippen molar-refractivity contribution in [1.82, 2.24) is 25.5 Å². The molecular formula is C24H31F3N6O3. The minimum atomic E-state index is -4.49. The van der Waals surface area contributed by atoms with E-state index in [1.807, 2.05) is 6.92 Å². The lowest BCUT2D eigenvalue weighted by molar-refractivity contribution is -0.137. The smallest absolute Gasteiger partial charge is 0.416 e. The van der Waals surface area contributed by atoms with E-state index in [-0.39, 0.29) is 35.7 Å². The molecule has 4 N–H and O–H groups in total. The second-order valence-electron chi connectivity index (χ2n) is 9.56. The van der Waals surface area contributed by atoms with E-state index < -0.39 is 17.8 Å². The molecule has 2 aromatic rings. The number of hydrogen-bond donors (Lipinski definition) is 4. The van der Waals surface area contributed by atoms with Crippen LogP contribution in [0.15, 0.2) is 24.5 Å². The Kier molecular flexibility index (Phi) is 7.82. The van der Waals surface area contributed by atoms with Gasteiger partial charge >= 0.3 is 12.3 Å². The van der Waals surface area contributed by atoms with Crippen LogP contribution in [0.3, 0.4) is 0 Å². The normalized spacial score (nSPS) is 22.0. The number of anilines is 1. The predicted octanol–water partition coefficient (Wildman–Crippen LogP) is 3.47. The van der Waals surface area contributed by atoms with Crippen LogP contribution in [0.5, 0.6) is 0 Å². The molecule has 2 fully saturated rings. The van der Waals surface area contributed by atoms with Crippen molar-refractivity contribution in [2.24, 2.45) is 5.92 Å². The number of aromatic nitrogens is 2. The highest BCUT2D eigenvalue weighted by molar-refractivity contribution is 5.91. The standard InChI is InChI=1S/C24H31F3N6O3/c1-2-19(32-23(35)36)14-3-6-17(7-4-14)33-11-16(12-33)31-21(34)10-28-22-18-9-15(24(25,26)27)5-8-20(18)29-13-30-22/h5,8-9,13-14,16-17,19,32H,2-4,6-7,10-12H2,1H3,(H,31,34)(H,35,36)(H,28,29,30)/t14-,17-,19-/m0/s1. The number of nitrogens with zero attached hydrogens (tertiary/aromatic N) is 3. The third-order valence-corrected chi connectivity index (χ3v) is 7.23. The second-order valence-corrected chi connectivity index (χ2v) is 9.56. The molecule has 9 nitrogen and oxygen atoms in total. The first-order valence-corrected chi connectivity index (χ1v) is 12.2. The van der Waals surface area contributed by atoms with E-state index in [2.05, 4.69) is 30.8 Å². The van der Waals surface area contributed by atoms with Gasteiger partial charge in [0.05, 0.1) is 23.7 Å². The molecule has 1 aromatic heterocycles. The number of carboxylic acid groups (broad SMARTS) is 1. The molecule has 0 radical (unpaired) electrons. The van der Waals surface area contributed by atoms with Crippen molar-refractivity contribution >= 4 is 28.7 Å². The summed E-state index contributed by atoms with van der Waals surface area (Å²) in [5.74, 6) is 0.277. The summed E-state index contributed by atoms with van der Waals surface area (Å²) in [5, 5.41) is 17.6. The second kappa shape index (κ2) is 10.9. The van der Waals surface area contributed by atoms with E-state index in [1.54, 1.807) is 0 Å². The van der Waals surface area contributed by atoms with Crippen LogP contribution in [-0.2, 0) is 11.0 Å². The van der Waals surface area contributed by atoms with Crippen molar-refractivity contribution in [2.75, 3.05) is 25.0 Å². The summed E-state index contributed by atoms with van der Waals surface area (Å²) in [6.45, 7) is 3.38. The van der Waals surface area contributed by atoms with E-state index in [0.29, 0.717) is 17.5 Å². The number of rotatable bonds is 8. The Balaban J connectivity index is 1.22. The molecule has 0 unspecified atom stereocenters. The van der Waals surface area contributed by atoms with Crippen LogP contribution >= 0.6 is 0 Å². The van der Waals surface area contributed by atoms with Crippen LogP contribution in [0, 0.1) is 5.92 Å². The van der Waals surface area contributed by atoms with Crippen molar-refractivity contribution < 1.29 is 27.9 Å². The van der Waals surface area contributed by atoms with E-state index >= 15 is 0 Å². The predicted molar refractivity (Wildman–Crippen MR) is 128 cm³/mol. The van der Waals surface area contributed by atoms with Gasteiger partial charge in [0.15, 0.2) is 0 Å². The van der Waals surface area contributed by atoms with Gasteiger partial charge in [0.25, 0.3) is 0 Å². The number of hydrogen-bond acceptors (Lipinski definition) is 6. The summed E-state index contributed by atoms with van der Waals surface area (Å²) >= 11 is 0. The highest BCUT2D eigenvalue weighted by atomic mass is 19.4. The highest BCUT2D eigenvalue weighted by Gasteiger charge is 2.36. The molecule has 1 aliphatic heterocycles. The van der Waals surface area contributed by atoms with Gasteiger partial charge in [-0.25, -0.2) is 14.8 Å². The quantitative estimate of drug-likeness (QED) is 0.431. The molecule has 1 saturated heterocycles. The molecule has 1 aromatic carbocycles. The molecular weight excluding hydrogens is 477 g/mol. The summed E-state index contributed by atoms with van der Waals surface area (Å²) in [7, 11) is 0. The average Bonchev–Trinajstić information content (AvgIpc) is 2.82. The first-order valence-electron chi connectivity index (χ1n) is 12.2. The Hall–Kier alpha value is -3.15. The lowest BCUT2D eigenvalue weighted by Crippen LogP contribution is -2.63. The maximum absolute atomic E-state index is 13.1. The van der Waals surface area contributed by atoms with Crippen LogP contribution in [0.1, 0.15) is 44.6 Å². The Labute approximate surface area is 206 Å². The molecule has 12 heteroatoms. The van der Waals surface area contributed by atoms with E-state index in [9.17, 15) is 22.8 Å².